The van der Waals surface area contributed by atoms with Crippen molar-refractivity contribution in [3.05, 3.63) is 47.3 Å². The minimum Gasteiger partial charge on any atom is -0.343 e. The first-order valence-electron chi connectivity index (χ1n) is 7.91. The van der Waals surface area contributed by atoms with Crippen LogP contribution in [0.2, 0.25) is 6.82 Å². The Kier molecular flexibility index (Phi) is 6.40. The van der Waals surface area contributed by atoms with E-state index in [1.54, 1.807) is 0 Å². The van der Waals surface area contributed by atoms with Crippen molar-refractivity contribution in [3.63, 3.8) is 0 Å². The molecule has 0 saturated heterocycles. The third kappa shape index (κ3) is 5.13. The summed E-state index contributed by atoms with van der Waals surface area (Å²) in [6.45, 7) is -0.477. The fourth-order valence-corrected chi connectivity index (χ4v) is 3.33. The Bertz CT molecular complexity index is 1040. The first-order chi connectivity index (χ1) is 13.2. The molecule has 1 aromatic carbocycles. The van der Waals surface area contributed by atoms with Crippen molar-refractivity contribution < 1.29 is 39.9 Å². The molecule has 2 rings (SSSR count). The molecule has 29 heavy (non-hydrogen) atoms. The molecule has 0 aliphatic carbocycles. The van der Waals surface area contributed by atoms with E-state index in [1.165, 1.54) is 18.9 Å². The van der Waals surface area contributed by atoms with Gasteiger partial charge in [-0.25, -0.2) is 17.2 Å². The summed E-state index contributed by atoms with van der Waals surface area (Å²) < 4.78 is 93.5. The third-order valence-corrected chi connectivity index (χ3v) is 5.29. The number of halogens is 5. The quantitative estimate of drug-likeness (QED) is 0.412. The Morgan fingerprint density at radius 1 is 1.17 bits per heavy atom. The van der Waals surface area contributed by atoms with E-state index in [0.717, 1.165) is 28.8 Å². The Morgan fingerprint density at radius 2 is 1.79 bits per heavy atom. The second-order valence-corrected chi connectivity index (χ2v) is 7.62. The van der Waals surface area contributed by atoms with E-state index in [4.69, 9.17) is 0 Å². The standard InChI is InChI=1S/C15H15BF5N3O4S/c1-8-13(29(26,27)23-28-16(2)15(19,20)21)7-12(24(8)3)14(25)22-9-4-5-10(17)11(18)6-9/h4-7,23H,1-3H3,(H,22,25). The molecular formula is C15H15BF5N3O4S. The highest BCUT2D eigenvalue weighted by atomic mass is 32.2. The molecule has 0 spiro atoms. The highest BCUT2D eigenvalue weighted by Gasteiger charge is 2.43. The lowest BCUT2D eigenvalue weighted by atomic mass is 9.71. The maximum atomic E-state index is 13.3. The average molecular weight is 439 g/mol. The first kappa shape index (κ1) is 22.8. The number of hydrogen-bond acceptors (Lipinski definition) is 4. The van der Waals surface area contributed by atoms with Crippen LogP contribution in [0.25, 0.3) is 0 Å². The lowest BCUT2D eigenvalue weighted by Crippen LogP contribution is -2.40. The smallest absolute Gasteiger partial charge is 0.343 e. The minimum absolute atomic E-state index is 0.0243. The van der Waals surface area contributed by atoms with Crippen LogP contribution >= 0.6 is 0 Å². The number of hydrogen-bond donors (Lipinski definition) is 2. The number of amides is 1. The van der Waals surface area contributed by atoms with Crippen LogP contribution in [0, 0.1) is 18.6 Å². The second kappa shape index (κ2) is 8.12. The molecule has 2 aromatic rings. The first-order valence-corrected chi connectivity index (χ1v) is 9.39. The molecule has 0 unspecified atom stereocenters. The van der Waals surface area contributed by atoms with Crippen LogP contribution in [0.4, 0.5) is 27.6 Å². The Labute approximate surface area is 163 Å². The molecule has 158 valence electrons. The van der Waals surface area contributed by atoms with E-state index in [1.807, 2.05) is 0 Å². The van der Waals surface area contributed by atoms with Gasteiger partial charge in [0.25, 0.3) is 15.9 Å². The Hall–Kier alpha value is -2.45. The molecule has 0 aliphatic heterocycles. The van der Waals surface area contributed by atoms with E-state index < -0.39 is 45.5 Å². The fraction of sp³-hybridized carbons (Fsp3) is 0.267. The number of nitrogens with one attached hydrogen (secondary N) is 2. The van der Waals surface area contributed by atoms with Gasteiger partial charge < -0.3 is 14.6 Å². The predicted molar refractivity (Wildman–Crippen MR) is 93.5 cm³/mol. The van der Waals surface area contributed by atoms with Crippen LogP contribution in [0.5, 0.6) is 0 Å². The third-order valence-electron chi connectivity index (χ3n) is 3.98. The summed E-state index contributed by atoms with van der Waals surface area (Å²) in [4.78, 5) is 13.3. The molecule has 7 nitrogen and oxygen atoms in total. The molecule has 0 fully saturated rings. The normalized spacial score (nSPS) is 12.1. The van der Waals surface area contributed by atoms with Crippen LogP contribution in [0.1, 0.15) is 16.2 Å². The van der Waals surface area contributed by atoms with Crippen molar-refractivity contribution in [1.29, 1.82) is 0 Å². The zero-order chi connectivity index (χ0) is 22.1. The van der Waals surface area contributed by atoms with Crippen molar-refractivity contribution >= 4 is 28.5 Å². The maximum Gasteiger partial charge on any atom is 0.441 e. The maximum absolute atomic E-state index is 13.3. The highest BCUT2D eigenvalue weighted by molar-refractivity contribution is 7.89. The van der Waals surface area contributed by atoms with Crippen molar-refractivity contribution in [3.8, 4) is 0 Å². The fourth-order valence-electron chi connectivity index (χ4n) is 2.18. The van der Waals surface area contributed by atoms with Crippen LogP contribution in [-0.4, -0.2) is 31.9 Å². The zero-order valence-electron chi connectivity index (χ0n) is 15.3. The number of carbonyl (C=O) groups is 1. The van der Waals surface area contributed by atoms with Gasteiger partial charge in [0.2, 0.25) is 0 Å². The van der Waals surface area contributed by atoms with Crippen LogP contribution < -0.4 is 10.2 Å². The molecule has 1 heterocycles. The lowest BCUT2D eigenvalue weighted by Gasteiger charge is -2.13. The molecule has 1 amide bonds. The number of benzene rings is 1. The zero-order valence-corrected chi connectivity index (χ0v) is 16.1. The molecule has 0 saturated carbocycles. The van der Waals surface area contributed by atoms with Gasteiger partial charge in [0.1, 0.15) is 10.6 Å². The Balaban J connectivity index is 2.25. The van der Waals surface area contributed by atoms with Crippen molar-refractivity contribution in [2.75, 3.05) is 5.32 Å². The monoisotopic (exact) mass is 439 g/mol. The molecule has 0 atom stereocenters. The molecular weight excluding hydrogens is 424 g/mol. The molecule has 2 N–H and O–H groups in total. The van der Waals surface area contributed by atoms with Crippen LogP contribution in [-0.2, 0) is 21.8 Å². The van der Waals surface area contributed by atoms with Gasteiger partial charge in [0, 0.05) is 24.5 Å². The summed E-state index contributed by atoms with van der Waals surface area (Å²) in [6.07, 6.45) is -4.79. The average Bonchev–Trinajstić information content (AvgIpc) is 2.91. The summed E-state index contributed by atoms with van der Waals surface area (Å²) >= 11 is 0. The topological polar surface area (TPSA) is 89.4 Å². The van der Waals surface area contributed by atoms with Gasteiger partial charge in [-0.2, -0.15) is 13.2 Å². The van der Waals surface area contributed by atoms with Gasteiger partial charge in [0.15, 0.2) is 11.6 Å². The number of nitrogens with zero attached hydrogens (tertiary/aromatic N) is 1. The number of alkyl halides is 3. The molecule has 0 bridgehead atoms. The summed E-state index contributed by atoms with van der Waals surface area (Å²) in [7, 11) is -3.21. The van der Waals surface area contributed by atoms with Gasteiger partial charge >= 0.3 is 13.0 Å². The minimum atomic E-state index is -4.79. The van der Waals surface area contributed by atoms with E-state index in [9.17, 15) is 35.2 Å². The number of anilines is 1. The lowest BCUT2D eigenvalue weighted by molar-refractivity contribution is -0.0678. The summed E-state index contributed by atoms with van der Waals surface area (Å²) in [5, 5.41) is 2.27. The van der Waals surface area contributed by atoms with Crippen molar-refractivity contribution in [2.24, 2.45) is 7.05 Å². The highest BCUT2D eigenvalue weighted by Crippen LogP contribution is 2.23. The van der Waals surface area contributed by atoms with Crippen LogP contribution in [0.15, 0.2) is 29.2 Å². The van der Waals surface area contributed by atoms with Gasteiger partial charge in [-0.3, -0.25) is 4.79 Å². The van der Waals surface area contributed by atoms with E-state index in [2.05, 4.69) is 10.1 Å². The predicted octanol–water partition coefficient (Wildman–Crippen LogP) is 2.80. The second-order valence-electron chi connectivity index (χ2n) is 6.01. The SMILES string of the molecule is CB(ONS(=O)(=O)c1cc(C(=O)Nc2ccc(F)c(F)c2)n(C)c1C)C(F)(F)F. The largest absolute Gasteiger partial charge is 0.441 e. The summed E-state index contributed by atoms with van der Waals surface area (Å²) in [6, 6.07) is 3.53. The summed E-state index contributed by atoms with van der Waals surface area (Å²) in [5.41, 5.74) is -0.259. The molecule has 1 aromatic heterocycles. The van der Waals surface area contributed by atoms with Gasteiger partial charge in [0.05, 0.1) is 0 Å². The number of sulfonamides is 1. The number of rotatable bonds is 6. The number of carbonyl (C=O) groups excluding carboxylic acids is 1. The molecule has 14 heteroatoms. The molecule has 0 radical (unpaired) electrons. The number of aromatic nitrogens is 1. The van der Waals surface area contributed by atoms with Crippen LogP contribution in [0.3, 0.4) is 0 Å². The van der Waals surface area contributed by atoms with Gasteiger partial charge in [-0.15, -0.1) is 4.89 Å². The van der Waals surface area contributed by atoms with Crippen molar-refractivity contribution in [2.45, 2.75) is 24.7 Å². The van der Waals surface area contributed by atoms with E-state index in [-0.39, 0.29) is 17.1 Å². The Morgan fingerprint density at radius 3 is 2.34 bits per heavy atom. The van der Waals surface area contributed by atoms with E-state index in [0.29, 0.717) is 6.82 Å². The summed E-state index contributed by atoms with van der Waals surface area (Å²) in [5.74, 6) is -3.17. The van der Waals surface area contributed by atoms with E-state index >= 15 is 0 Å². The van der Waals surface area contributed by atoms with Gasteiger partial charge in [-0.1, -0.05) is 0 Å². The van der Waals surface area contributed by atoms with Crippen molar-refractivity contribution in [1.82, 2.24) is 9.45 Å². The molecule has 0 aliphatic rings. The van der Waals surface area contributed by atoms with Gasteiger partial charge in [-0.05, 0) is 31.9 Å².